The zero-order valence-electron chi connectivity index (χ0n) is 8.68. The lowest BCUT2D eigenvalue weighted by atomic mass is 10.0. The van der Waals surface area contributed by atoms with E-state index in [2.05, 4.69) is 35.9 Å². The van der Waals surface area contributed by atoms with Gasteiger partial charge in [-0.05, 0) is 26.3 Å². The van der Waals surface area contributed by atoms with Crippen molar-refractivity contribution in [2.45, 2.75) is 37.1 Å². The zero-order valence-corrected chi connectivity index (χ0v) is 9.49. The summed E-state index contributed by atoms with van der Waals surface area (Å²) in [5.74, 6) is 1.32. The predicted octanol–water partition coefficient (Wildman–Crippen LogP) is 1.52. The first-order chi connectivity index (χ1) is 6.24. The van der Waals surface area contributed by atoms with Gasteiger partial charge in [0.1, 0.15) is 0 Å². The monoisotopic (exact) mass is 200 g/mol. The second kappa shape index (κ2) is 3.79. The van der Waals surface area contributed by atoms with Crippen molar-refractivity contribution in [1.29, 1.82) is 0 Å². The third-order valence-electron chi connectivity index (χ3n) is 3.32. The number of hydrogen-bond donors (Lipinski definition) is 1. The highest BCUT2D eigenvalue weighted by molar-refractivity contribution is 8.00. The van der Waals surface area contributed by atoms with E-state index in [1.54, 1.807) is 0 Å². The van der Waals surface area contributed by atoms with E-state index < -0.39 is 0 Å². The smallest absolute Gasteiger partial charge is 0.0672 e. The maximum absolute atomic E-state index is 3.81. The van der Waals surface area contributed by atoms with Gasteiger partial charge in [0.15, 0.2) is 0 Å². The van der Waals surface area contributed by atoms with Gasteiger partial charge in [0.2, 0.25) is 0 Å². The molecule has 0 amide bonds. The first-order valence-corrected chi connectivity index (χ1v) is 6.33. The van der Waals surface area contributed by atoms with Crippen molar-refractivity contribution in [1.82, 2.24) is 10.2 Å². The summed E-state index contributed by atoms with van der Waals surface area (Å²) in [5.41, 5.74) is 0. The van der Waals surface area contributed by atoms with Crippen molar-refractivity contribution >= 4 is 11.8 Å². The van der Waals surface area contributed by atoms with Crippen LogP contribution in [0.5, 0.6) is 0 Å². The van der Waals surface area contributed by atoms with Gasteiger partial charge in [0, 0.05) is 24.9 Å². The summed E-state index contributed by atoms with van der Waals surface area (Å²) < 4.78 is 0. The van der Waals surface area contributed by atoms with E-state index >= 15 is 0 Å². The van der Waals surface area contributed by atoms with Crippen LogP contribution in [-0.2, 0) is 0 Å². The summed E-state index contributed by atoms with van der Waals surface area (Å²) in [6, 6.07) is 0.772. The van der Waals surface area contributed by atoms with E-state index in [1.807, 2.05) is 0 Å². The van der Waals surface area contributed by atoms with Crippen LogP contribution in [0.25, 0.3) is 0 Å². The Morgan fingerprint density at radius 1 is 1.46 bits per heavy atom. The van der Waals surface area contributed by atoms with Crippen LogP contribution in [0, 0.1) is 0 Å². The molecule has 1 spiro atoms. The quantitative estimate of drug-likeness (QED) is 0.691. The van der Waals surface area contributed by atoms with Crippen molar-refractivity contribution in [3.63, 3.8) is 0 Å². The number of rotatable bonds is 1. The van der Waals surface area contributed by atoms with Crippen LogP contribution in [0.2, 0.25) is 0 Å². The molecule has 0 bridgehead atoms. The van der Waals surface area contributed by atoms with Crippen LogP contribution in [-0.4, -0.2) is 41.7 Å². The van der Waals surface area contributed by atoms with Gasteiger partial charge in [0.05, 0.1) is 4.87 Å². The van der Waals surface area contributed by atoms with Crippen molar-refractivity contribution in [2.24, 2.45) is 0 Å². The van der Waals surface area contributed by atoms with Crippen molar-refractivity contribution in [3.05, 3.63) is 0 Å². The normalized spacial score (nSPS) is 34.2. The molecule has 1 atom stereocenters. The highest BCUT2D eigenvalue weighted by atomic mass is 32.2. The Hall–Kier alpha value is 0.270. The lowest BCUT2D eigenvalue weighted by molar-refractivity contribution is 0.214. The molecule has 0 saturated carbocycles. The largest absolute Gasteiger partial charge is 0.306 e. The highest BCUT2D eigenvalue weighted by Gasteiger charge is 2.40. The molecule has 2 saturated heterocycles. The van der Waals surface area contributed by atoms with Gasteiger partial charge in [-0.25, -0.2) is 0 Å². The second-order valence-electron chi connectivity index (χ2n) is 4.36. The Labute approximate surface area is 85.4 Å². The van der Waals surface area contributed by atoms with Crippen LogP contribution < -0.4 is 5.32 Å². The van der Waals surface area contributed by atoms with E-state index in [-0.39, 0.29) is 0 Å². The first-order valence-electron chi connectivity index (χ1n) is 5.34. The maximum atomic E-state index is 3.81. The van der Waals surface area contributed by atoms with Gasteiger partial charge in [-0.15, -0.1) is 11.8 Å². The standard InChI is InChI=1S/C10H20N2S/c1-3-9-8-13-10(11-9)4-6-12(2)7-5-10/h9,11H,3-8H2,1-2H3. The Morgan fingerprint density at radius 3 is 2.69 bits per heavy atom. The number of piperidine rings is 1. The minimum atomic E-state index is 0.452. The molecule has 2 fully saturated rings. The fourth-order valence-electron chi connectivity index (χ4n) is 2.20. The molecule has 3 heteroatoms. The fourth-order valence-corrected chi connectivity index (χ4v) is 3.76. The van der Waals surface area contributed by atoms with E-state index in [0.29, 0.717) is 4.87 Å². The fraction of sp³-hybridized carbons (Fsp3) is 1.00. The van der Waals surface area contributed by atoms with Gasteiger partial charge < -0.3 is 4.90 Å². The minimum Gasteiger partial charge on any atom is -0.306 e. The van der Waals surface area contributed by atoms with E-state index in [0.717, 1.165) is 6.04 Å². The summed E-state index contributed by atoms with van der Waals surface area (Å²) in [6.07, 6.45) is 3.93. The van der Waals surface area contributed by atoms with Crippen LogP contribution in [0.3, 0.4) is 0 Å². The van der Waals surface area contributed by atoms with Crippen molar-refractivity contribution in [3.8, 4) is 0 Å². The van der Waals surface area contributed by atoms with E-state index in [4.69, 9.17) is 0 Å². The molecule has 13 heavy (non-hydrogen) atoms. The summed E-state index contributed by atoms with van der Waals surface area (Å²) in [7, 11) is 2.23. The predicted molar refractivity (Wildman–Crippen MR) is 59.1 cm³/mol. The molecule has 1 N–H and O–H groups in total. The summed E-state index contributed by atoms with van der Waals surface area (Å²) >= 11 is 2.16. The first kappa shape index (κ1) is 9.81. The molecule has 0 aromatic heterocycles. The minimum absolute atomic E-state index is 0.452. The molecule has 0 aliphatic carbocycles. The average Bonchev–Trinajstić information content (AvgIpc) is 2.55. The zero-order chi connectivity index (χ0) is 9.31. The summed E-state index contributed by atoms with van der Waals surface area (Å²) in [5, 5.41) is 3.81. The highest BCUT2D eigenvalue weighted by Crippen LogP contribution is 2.39. The second-order valence-corrected chi connectivity index (χ2v) is 5.76. The maximum Gasteiger partial charge on any atom is 0.0672 e. The average molecular weight is 200 g/mol. The van der Waals surface area contributed by atoms with Crippen LogP contribution in [0.15, 0.2) is 0 Å². The number of thioether (sulfide) groups is 1. The molecule has 2 aliphatic rings. The van der Waals surface area contributed by atoms with Crippen molar-refractivity contribution in [2.75, 3.05) is 25.9 Å². The van der Waals surface area contributed by atoms with Crippen LogP contribution >= 0.6 is 11.8 Å². The van der Waals surface area contributed by atoms with Gasteiger partial charge in [-0.2, -0.15) is 0 Å². The lowest BCUT2D eigenvalue weighted by Crippen LogP contribution is -2.49. The molecule has 2 heterocycles. The molecule has 1 unspecified atom stereocenters. The molecular formula is C10H20N2S. The Balaban J connectivity index is 1.92. The van der Waals surface area contributed by atoms with Gasteiger partial charge in [-0.3, -0.25) is 5.32 Å². The third kappa shape index (κ3) is 2.03. The summed E-state index contributed by atoms with van der Waals surface area (Å²) in [6.45, 7) is 4.80. The molecule has 2 nitrogen and oxygen atoms in total. The molecular weight excluding hydrogens is 180 g/mol. The SMILES string of the molecule is CCC1CSC2(CCN(C)CC2)N1. The topological polar surface area (TPSA) is 15.3 Å². The molecule has 0 aromatic carbocycles. The van der Waals surface area contributed by atoms with Gasteiger partial charge >= 0.3 is 0 Å². The Bertz CT molecular complexity index is 176. The number of nitrogens with one attached hydrogen (secondary N) is 1. The van der Waals surface area contributed by atoms with Crippen LogP contribution in [0.1, 0.15) is 26.2 Å². The number of likely N-dealkylation sites (tertiary alicyclic amines) is 1. The van der Waals surface area contributed by atoms with Gasteiger partial charge in [-0.1, -0.05) is 6.92 Å². The van der Waals surface area contributed by atoms with Crippen molar-refractivity contribution < 1.29 is 0 Å². The number of hydrogen-bond acceptors (Lipinski definition) is 3. The molecule has 0 radical (unpaired) electrons. The summed E-state index contributed by atoms with van der Waals surface area (Å²) in [4.78, 5) is 2.89. The van der Waals surface area contributed by atoms with E-state index in [1.165, 1.54) is 38.1 Å². The number of nitrogens with zero attached hydrogens (tertiary/aromatic N) is 1. The molecule has 76 valence electrons. The van der Waals surface area contributed by atoms with Crippen LogP contribution in [0.4, 0.5) is 0 Å². The molecule has 2 rings (SSSR count). The Kier molecular flexibility index (Phi) is 2.86. The molecule has 2 aliphatic heterocycles. The molecule has 0 aromatic rings. The lowest BCUT2D eigenvalue weighted by Gasteiger charge is -2.37. The van der Waals surface area contributed by atoms with Gasteiger partial charge in [0.25, 0.3) is 0 Å². The Morgan fingerprint density at radius 2 is 2.15 bits per heavy atom. The third-order valence-corrected chi connectivity index (χ3v) is 4.96. The van der Waals surface area contributed by atoms with E-state index in [9.17, 15) is 0 Å².